The van der Waals surface area contributed by atoms with Crippen LogP contribution >= 0.6 is 0 Å². The first-order valence-corrected chi connectivity index (χ1v) is 14.5. The van der Waals surface area contributed by atoms with Gasteiger partial charge in [-0.3, -0.25) is 0 Å². The maximum Gasteiger partial charge on any atom is 0.338 e. The zero-order valence-electron chi connectivity index (χ0n) is 20.4. The molecule has 6 heteroatoms. The zero-order chi connectivity index (χ0) is 23.4. The lowest BCUT2D eigenvalue weighted by molar-refractivity contribution is -0.183. The number of hydrogen-bond acceptors (Lipinski definition) is 5. The Kier molecular flexibility index (Phi) is 8.23. The van der Waals surface area contributed by atoms with Crippen molar-refractivity contribution in [1.82, 2.24) is 0 Å². The van der Waals surface area contributed by atoms with E-state index in [4.69, 9.17) is 18.6 Å². The van der Waals surface area contributed by atoms with Gasteiger partial charge in [-0.25, -0.2) is 4.79 Å². The second-order valence-electron chi connectivity index (χ2n) is 9.64. The monoisotopic (exact) mass is 460 g/mol. The van der Waals surface area contributed by atoms with E-state index in [9.17, 15) is 4.79 Å². The molecule has 1 heterocycles. The lowest BCUT2D eigenvalue weighted by Gasteiger charge is -2.48. The summed E-state index contributed by atoms with van der Waals surface area (Å²) in [5.41, 5.74) is 0.609. The van der Waals surface area contributed by atoms with E-state index in [1.54, 1.807) is 7.11 Å². The molecule has 0 amide bonds. The minimum Gasteiger partial charge on any atom is -0.497 e. The van der Waals surface area contributed by atoms with E-state index in [0.29, 0.717) is 25.2 Å². The fourth-order valence-electron chi connectivity index (χ4n) is 5.68. The first-order chi connectivity index (χ1) is 15.3. The molecule has 2 aliphatic rings. The quantitative estimate of drug-likeness (QED) is 0.221. The van der Waals surface area contributed by atoms with Gasteiger partial charge in [-0.15, -0.1) is 6.58 Å². The summed E-state index contributed by atoms with van der Waals surface area (Å²) in [4.78, 5) is 13.4. The van der Waals surface area contributed by atoms with E-state index in [-0.39, 0.29) is 23.9 Å². The number of ether oxygens (including phenoxy) is 3. The van der Waals surface area contributed by atoms with Gasteiger partial charge in [0.25, 0.3) is 0 Å². The molecule has 1 aromatic carbocycles. The van der Waals surface area contributed by atoms with Crippen molar-refractivity contribution in [2.75, 3.05) is 13.7 Å². The van der Waals surface area contributed by atoms with Crippen LogP contribution in [-0.2, 0) is 25.3 Å². The van der Waals surface area contributed by atoms with Crippen molar-refractivity contribution < 1.29 is 23.4 Å². The standard InChI is InChI=1S/C26H40O5Si/c1-7-14-26(31-32(8-2,9-3)19(4)5)24-16-23(30-25(26)27)15-21(24)18-29-17-20-10-12-22(28-6)13-11-20/h7,10-13,19,21,23-24H,1,8-9,14-18H2,2-6H3/t21-,23-,24-,26+/m1/s1. The highest BCUT2D eigenvalue weighted by atomic mass is 28.4. The van der Waals surface area contributed by atoms with Crippen LogP contribution in [-0.4, -0.2) is 39.7 Å². The van der Waals surface area contributed by atoms with E-state index in [1.165, 1.54) is 0 Å². The highest BCUT2D eigenvalue weighted by molar-refractivity contribution is 6.75. The molecule has 1 aliphatic heterocycles. The highest BCUT2D eigenvalue weighted by Gasteiger charge is 2.61. The maximum atomic E-state index is 13.4. The number of rotatable bonds is 12. The summed E-state index contributed by atoms with van der Waals surface area (Å²) >= 11 is 0. The lowest BCUT2D eigenvalue weighted by atomic mass is 9.77. The average molecular weight is 461 g/mol. The Morgan fingerprint density at radius 2 is 1.91 bits per heavy atom. The molecule has 0 aromatic heterocycles. The Morgan fingerprint density at radius 3 is 2.47 bits per heavy atom. The molecular formula is C26H40O5Si. The van der Waals surface area contributed by atoms with Crippen LogP contribution in [0.15, 0.2) is 36.9 Å². The molecule has 0 unspecified atom stereocenters. The van der Waals surface area contributed by atoms with Gasteiger partial charge in [0.2, 0.25) is 0 Å². The third-order valence-corrected chi connectivity index (χ3v) is 13.0. The SMILES string of the molecule is C=CC[C@@]1(O[Si](CC)(CC)C(C)C)C(=O)O[C@@H]2C[C@H](COCc3ccc(OC)cc3)[C@H]1C2. The molecule has 0 N–H and O–H groups in total. The minimum atomic E-state index is -2.12. The summed E-state index contributed by atoms with van der Waals surface area (Å²) in [5, 5.41) is 0. The normalized spacial score (nSPS) is 27.4. The molecule has 1 aromatic rings. The third kappa shape index (κ3) is 4.82. The van der Waals surface area contributed by atoms with E-state index in [1.807, 2.05) is 30.3 Å². The van der Waals surface area contributed by atoms with Crippen LogP contribution in [0.4, 0.5) is 0 Å². The van der Waals surface area contributed by atoms with Crippen molar-refractivity contribution in [3.05, 3.63) is 42.5 Å². The number of carbonyl (C=O) groups is 1. The predicted molar refractivity (Wildman–Crippen MR) is 129 cm³/mol. The molecule has 1 saturated heterocycles. The Bertz CT molecular complexity index is 773. The molecule has 1 aliphatic carbocycles. The molecule has 178 valence electrons. The number of esters is 1. The van der Waals surface area contributed by atoms with Gasteiger partial charge in [-0.2, -0.15) is 0 Å². The second-order valence-corrected chi connectivity index (χ2v) is 14.5. The van der Waals surface area contributed by atoms with Crippen molar-refractivity contribution in [1.29, 1.82) is 0 Å². The van der Waals surface area contributed by atoms with E-state index >= 15 is 0 Å². The Balaban J connectivity index is 1.78. The molecule has 0 radical (unpaired) electrons. The molecule has 2 bridgehead atoms. The van der Waals surface area contributed by atoms with Gasteiger partial charge in [0.1, 0.15) is 11.9 Å². The minimum absolute atomic E-state index is 0.0259. The predicted octanol–water partition coefficient (Wildman–Crippen LogP) is 5.89. The molecule has 3 rings (SSSR count). The molecule has 2 fully saturated rings. The lowest BCUT2D eigenvalue weighted by Crippen LogP contribution is -2.60. The van der Waals surface area contributed by atoms with Gasteiger partial charge in [0.05, 0.1) is 20.3 Å². The van der Waals surface area contributed by atoms with Crippen LogP contribution in [0.3, 0.4) is 0 Å². The van der Waals surface area contributed by atoms with Crippen molar-refractivity contribution in [3.8, 4) is 5.75 Å². The van der Waals surface area contributed by atoms with Crippen LogP contribution in [0.2, 0.25) is 17.6 Å². The number of carbonyl (C=O) groups excluding carboxylic acids is 1. The first kappa shape index (κ1) is 25.0. The van der Waals surface area contributed by atoms with Crippen molar-refractivity contribution >= 4 is 14.3 Å². The van der Waals surface area contributed by atoms with Crippen LogP contribution in [0.1, 0.15) is 52.5 Å². The zero-order valence-corrected chi connectivity index (χ0v) is 21.4. The van der Waals surface area contributed by atoms with Crippen molar-refractivity contribution in [3.63, 3.8) is 0 Å². The summed E-state index contributed by atoms with van der Waals surface area (Å²) in [6.45, 7) is 14.0. The summed E-state index contributed by atoms with van der Waals surface area (Å²) in [7, 11) is -0.458. The van der Waals surface area contributed by atoms with Crippen molar-refractivity contribution in [2.45, 2.75) is 82.9 Å². The number of hydrogen-bond donors (Lipinski definition) is 0. The van der Waals surface area contributed by atoms with Gasteiger partial charge in [-0.05, 0) is 54.1 Å². The summed E-state index contributed by atoms with van der Waals surface area (Å²) < 4.78 is 24.3. The largest absolute Gasteiger partial charge is 0.497 e. The maximum absolute atomic E-state index is 13.4. The number of fused-ring (bicyclic) bond motifs is 2. The van der Waals surface area contributed by atoms with E-state index in [2.05, 4.69) is 34.3 Å². The Morgan fingerprint density at radius 1 is 1.22 bits per heavy atom. The van der Waals surface area contributed by atoms with Gasteiger partial charge in [-0.1, -0.05) is 45.9 Å². The molecule has 4 atom stereocenters. The van der Waals surface area contributed by atoms with Gasteiger partial charge in [0.15, 0.2) is 13.9 Å². The smallest absolute Gasteiger partial charge is 0.338 e. The summed E-state index contributed by atoms with van der Waals surface area (Å²) in [5.74, 6) is 0.990. The second kappa shape index (κ2) is 10.5. The van der Waals surface area contributed by atoms with E-state index < -0.39 is 13.9 Å². The fraction of sp³-hybridized carbons (Fsp3) is 0.654. The Hall–Kier alpha value is -1.63. The van der Waals surface area contributed by atoms with Crippen LogP contribution in [0, 0.1) is 11.8 Å². The van der Waals surface area contributed by atoms with Crippen LogP contribution in [0.5, 0.6) is 5.75 Å². The molecular weight excluding hydrogens is 420 g/mol. The van der Waals surface area contributed by atoms with Crippen LogP contribution < -0.4 is 4.74 Å². The van der Waals surface area contributed by atoms with Gasteiger partial charge < -0.3 is 18.6 Å². The summed E-state index contributed by atoms with van der Waals surface area (Å²) in [6, 6.07) is 9.92. The highest BCUT2D eigenvalue weighted by Crippen LogP contribution is 2.51. The molecule has 5 nitrogen and oxygen atoms in total. The number of benzene rings is 1. The van der Waals surface area contributed by atoms with Crippen LogP contribution in [0.25, 0.3) is 0 Å². The van der Waals surface area contributed by atoms with Gasteiger partial charge in [0, 0.05) is 12.3 Å². The first-order valence-electron chi connectivity index (χ1n) is 12.1. The molecule has 0 spiro atoms. The fourth-order valence-corrected chi connectivity index (χ4v) is 9.38. The molecule has 32 heavy (non-hydrogen) atoms. The summed E-state index contributed by atoms with van der Waals surface area (Å²) in [6.07, 6.45) is 4.00. The third-order valence-electron chi connectivity index (χ3n) is 7.71. The Labute approximate surface area is 194 Å². The topological polar surface area (TPSA) is 54.0 Å². The molecule has 1 saturated carbocycles. The average Bonchev–Trinajstić information content (AvgIpc) is 3.15. The van der Waals surface area contributed by atoms with E-state index in [0.717, 1.165) is 36.2 Å². The van der Waals surface area contributed by atoms with Crippen molar-refractivity contribution in [2.24, 2.45) is 11.8 Å². The van der Waals surface area contributed by atoms with Gasteiger partial charge >= 0.3 is 5.97 Å². The number of methoxy groups -OCH3 is 1.